The molecule has 1 aliphatic carbocycles. The molecule has 1 N–H and O–H groups in total. The lowest BCUT2D eigenvalue weighted by atomic mass is 9.84. The third kappa shape index (κ3) is 2.59. The Morgan fingerprint density at radius 2 is 1.67 bits per heavy atom. The SMILES string of the molecule is CN(CC1C(O)C(C)(C)OC1(C)C)C1CCCC1. The minimum Gasteiger partial charge on any atom is -0.390 e. The maximum absolute atomic E-state index is 10.5. The van der Waals surface area contributed by atoms with Crippen LogP contribution in [-0.4, -0.2) is 46.9 Å². The largest absolute Gasteiger partial charge is 0.390 e. The summed E-state index contributed by atoms with van der Waals surface area (Å²) in [6, 6.07) is 0.705. The van der Waals surface area contributed by atoms with Crippen molar-refractivity contribution in [2.24, 2.45) is 5.92 Å². The summed E-state index contributed by atoms with van der Waals surface area (Å²) in [4.78, 5) is 2.44. The second kappa shape index (κ2) is 4.77. The van der Waals surface area contributed by atoms with E-state index in [4.69, 9.17) is 4.74 Å². The highest BCUT2D eigenvalue weighted by Gasteiger charge is 2.53. The highest BCUT2D eigenvalue weighted by Crippen LogP contribution is 2.42. The van der Waals surface area contributed by atoms with Gasteiger partial charge >= 0.3 is 0 Å². The predicted octanol–water partition coefficient (Wildman–Crippen LogP) is 2.43. The van der Waals surface area contributed by atoms with Crippen molar-refractivity contribution in [1.29, 1.82) is 0 Å². The Balaban J connectivity index is 2.03. The first-order valence-corrected chi connectivity index (χ1v) is 7.32. The van der Waals surface area contributed by atoms with Gasteiger partial charge in [-0.25, -0.2) is 0 Å². The van der Waals surface area contributed by atoms with Crippen LogP contribution in [0.5, 0.6) is 0 Å². The second-order valence-corrected chi connectivity index (χ2v) is 7.24. The van der Waals surface area contributed by atoms with E-state index in [2.05, 4.69) is 25.8 Å². The summed E-state index contributed by atoms with van der Waals surface area (Å²) in [5, 5.41) is 10.5. The number of hydrogen-bond donors (Lipinski definition) is 1. The van der Waals surface area contributed by atoms with Gasteiger partial charge in [0, 0.05) is 18.5 Å². The zero-order chi connectivity index (χ0) is 13.6. The average Bonchev–Trinajstić information content (AvgIpc) is 2.79. The first kappa shape index (κ1) is 14.3. The normalized spacial score (nSPS) is 35.5. The molecule has 1 aliphatic heterocycles. The molecule has 3 heteroatoms. The van der Waals surface area contributed by atoms with E-state index >= 15 is 0 Å². The highest BCUT2D eigenvalue weighted by molar-refractivity contribution is 5.02. The molecule has 0 bridgehead atoms. The smallest absolute Gasteiger partial charge is 0.0896 e. The molecule has 0 spiro atoms. The van der Waals surface area contributed by atoms with Crippen molar-refractivity contribution in [2.45, 2.75) is 76.7 Å². The lowest BCUT2D eigenvalue weighted by Crippen LogP contribution is -2.44. The summed E-state index contributed by atoms with van der Waals surface area (Å²) in [6.07, 6.45) is 4.95. The molecule has 1 saturated heterocycles. The molecule has 2 atom stereocenters. The number of ether oxygens (including phenoxy) is 1. The van der Waals surface area contributed by atoms with E-state index < -0.39 is 5.60 Å². The van der Waals surface area contributed by atoms with Crippen LogP contribution in [0.2, 0.25) is 0 Å². The van der Waals surface area contributed by atoms with E-state index in [1.807, 2.05) is 13.8 Å². The van der Waals surface area contributed by atoms with Gasteiger partial charge in [-0.15, -0.1) is 0 Å². The van der Waals surface area contributed by atoms with Crippen molar-refractivity contribution in [2.75, 3.05) is 13.6 Å². The third-order valence-electron chi connectivity index (χ3n) is 4.95. The van der Waals surface area contributed by atoms with Crippen LogP contribution in [0.15, 0.2) is 0 Å². The fourth-order valence-electron chi connectivity index (χ4n) is 3.80. The first-order valence-electron chi connectivity index (χ1n) is 7.32. The summed E-state index contributed by atoms with van der Waals surface area (Å²) >= 11 is 0. The van der Waals surface area contributed by atoms with Gasteiger partial charge in [-0.2, -0.15) is 0 Å². The lowest BCUT2D eigenvalue weighted by Gasteiger charge is -2.33. The van der Waals surface area contributed by atoms with Crippen LogP contribution in [0.3, 0.4) is 0 Å². The standard InChI is InChI=1S/C15H29NO2/c1-14(2)12(13(17)15(3,4)18-14)10-16(5)11-8-6-7-9-11/h11-13,17H,6-10H2,1-5H3. The van der Waals surface area contributed by atoms with Crippen LogP contribution < -0.4 is 0 Å². The predicted molar refractivity (Wildman–Crippen MR) is 73.6 cm³/mol. The number of aliphatic hydroxyl groups excluding tert-OH is 1. The van der Waals surface area contributed by atoms with Gasteiger partial charge in [0.15, 0.2) is 0 Å². The molecular formula is C15H29NO2. The molecule has 2 aliphatic rings. The van der Waals surface area contributed by atoms with Gasteiger partial charge in [0.2, 0.25) is 0 Å². The number of nitrogens with zero attached hydrogens (tertiary/aromatic N) is 1. The van der Waals surface area contributed by atoms with Gasteiger partial charge in [0.25, 0.3) is 0 Å². The summed E-state index contributed by atoms with van der Waals surface area (Å²) in [6.45, 7) is 9.14. The van der Waals surface area contributed by atoms with Crippen LogP contribution in [0.25, 0.3) is 0 Å². The minimum absolute atomic E-state index is 0.193. The zero-order valence-electron chi connectivity index (χ0n) is 12.6. The topological polar surface area (TPSA) is 32.7 Å². The van der Waals surface area contributed by atoms with Crippen molar-refractivity contribution >= 4 is 0 Å². The molecule has 0 aromatic rings. The molecule has 0 amide bonds. The molecule has 106 valence electrons. The molecule has 3 nitrogen and oxygen atoms in total. The molecule has 0 aromatic carbocycles. The van der Waals surface area contributed by atoms with E-state index in [9.17, 15) is 5.11 Å². The Bertz CT molecular complexity index is 295. The summed E-state index contributed by atoms with van der Waals surface area (Å²) in [5.74, 6) is 0.193. The van der Waals surface area contributed by atoms with Gasteiger partial charge in [-0.3, -0.25) is 0 Å². The monoisotopic (exact) mass is 255 g/mol. The molecule has 2 rings (SSSR count). The molecule has 1 heterocycles. The summed E-state index contributed by atoms with van der Waals surface area (Å²) in [5.41, 5.74) is -0.666. The fourth-order valence-corrected chi connectivity index (χ4v) is 3.80. The van der Waals surface area contributed by atoms with Crippen molar-refractivity contribution in [3.8, 4) is 0 Å². The quantitative estimate of drug-likeness (QED) is 0.840. The van der Waals surface area contributed by atoms with Crippen LogP contribution in [0.4, 0.5) is 0 Å². The highest BCUT2D eigenvalue weighted by atomic mass is 16.5. The van der Waals surface area contributed by atoms with E-state index in [1.54, 1.807) is 0 Å². The van der Waals surface area contributed by atoms with Gasteiger partial charge in [0.05, 0.1) is 17.3 Å². The Labute approximate surface area is 112 Å². The zero-order valence-corrected chi connectivity index (χ0v) is 12.6. The number of hydrogen-bond acceptors (Lipinski definition) is 3. The van der Waals surface area contributed by atoms with E-state index in [0.29, 0.717) is 6.04 Å². The molecular weight excluding hydrogens is 226 g/mol. The third-order valence-corrected chi connectivity index (χ3v) is 4.95. The maximum Gasteiger partial charge on any atom is 0.0896 e. The molecule has 1 saturated carbocycles. The first-order chi connectivity index (χ1) is 8.24. The van der Waals surface area contributed by atoms with E-state index in [-0.39, 0.29) is 17.6 Å². The van der Waals surface area contributed by atoms with Crippen molar-refractivity contribution in [3.63, 3.8) is 0 Å². The molecule has 18 heavy (non-hydrogen) atoms. The van der Waals surface area contributed by atoms with Crippen LogP contribution in [-0.2, 0) is 4.74 Å². The van der Waals surface area contributed by atoms with Gasteiger partial charge in [-0.1, -0.05) is 12.8 Å². The van der Waals surface area contributed by atoms with E-state index in [1.165, 1.54) is 25.7 Å². The minimum atomic E-state index is -0.426. The second-order valence-electron chi connectivity index (χ2n) is 7.24. The van der Waals surface area contributed by atoms with Crippen LogP contribution in [0, 0.1) is 5.92 Å². The number of rotatable bonds is 3. The molecule has 0 radical (unpaired) electrons. The van der Waals surface area contributed by atoms with Gasteiger partial charge in [0.1, 0.15) is 0 Å². The molecule has 0 aromatic heterocycles. The number of aliphatic hydroxyl groups is 1. The Hall–Kier alpha value is -0.120. The van der Waals surface area contributed by atoms with Crippen molar-refractivity contribution < 1.29 is 9.84 Å². The lowest BCUT2D eigenvalue weighted by molar-refractivity contribution is -0.0914. The van der Waals surface area contributed by atoms with Crippen molar-refractivity contribution in [1.82, 2.24) is 4.90 Å². The summed E-state index contributed by atoms with van der Waals surface area (Å²) in [7, 11) is 2.20. The van der Waals surface area contributed by atoms with Gasteiger partial charge in [-0.05, 0) is 47.6 Å². The van der Waals surface area contributed by atoms with E-state index in [0.717, 1.165) is 6.54 Å². The molecule has 2 unspecified atom stereocenters. The Morgan fingerprint density at radius 3 is 2.11 bits per heavy atom. The average molecular weight is 255 g/mol. The molecule has 2 fully saturated rings. The Morgan fingerprint density at radius 1 is 1.11 bits per heavy atom. The van der Waals surface area contributed by atoms with Crippen molar-refractivity contribution in [3.05, 3.63) is 0 Å². The van der Waals surface area contributed by atoms with Crippen LogP contribution in [0.1, 0.15) is 53.4 Å². The Kier molecular flexibility index (Phi) is 3.79. The van der Waals surface area contributed by atoms with Crippen LogP contribution >= 0.6 is 0 Å². The van der Waals surface area contributed by atoms with Gasteiger partial charge < -0.3 is 14.7 Å². The fraction of sp³-hybridized carbons (Fsp3) is 1.00. The maximum atomic E-state index is 10.5. The summed E-state index contributed by atoms with van der Waals surface area (Å²) < 4.78 is 6.05.